The Hall–Kier alpha value is -0.160. The lowest BCUT2D eigenvalue weighted by atomic mass is 9.93. The molecule has 0 aliphatic heterocycles. The van der Waals surface area contributed by atoms with Crippen molar-refractivity contribution in [2.24, 2.45) is 5.41 Å². The van der Waals surface area contributed by atoms with Crippen molar-refractivity contribution >= 4 is 12.6 Å². The Labute approximate surface area is 56.1 Å². The van der Waals surface area contributed by atoms with Crippen molar-refractivity contribution in [2.45, 2.75) is 26.0 Å². The van der Waals surface area contributed by atoms with Crippen LogP contribution in [0.5, 0.6) is 0 Å². The summed E-state index contributed by atoms with van der Waals surface area (Å²) in [5.74, 6) is 0. The molecule has 0 N–H and O–H groups in total. The number of rotatable bonds is 0. The van der Waals surface area contributed by atoms with Gasteiger partial charge in [0.15, 0.2) is 0 Å². The van der Waals surface area contributed by atoms with Crippen LogP contribution in [-0.4, -0.2) is 5.25 Å². The minimum atomic E-state index is -0.262. The fraction of sp³-hybridized carbons (Fsp3) is 0.833. The molecule has 0 aliphatic rings. The third-order valence-electron chi connectivity index (χ3n) is 0.904. The Kier molecular flexibility index (Phi) is 2.36. The van der Waals surface area contributed by atoms with Gasteiger partial charge in [-0.15, -0.1) is 0 Å². The standard InChI is InChI=1S/C6H10NS/c1-6(2,3)5(8)4-7/h5H,1-3H3. The average Bonchev–Trinajstić information content (AvgIpc) is 1.62. The van der Waals surface area contributed by atoms with Gasteiger partial charge in [0.2, 0.25) is 0 Å². The van der Waals surface area contributed by atoms with Crippen LogP contribution in [0.2, 0.25) is 0 Å². The maximum atomic E-state index is 8.32. The minimum Gasteiger partial charge on any atom is -0.197 e. The maximum absolute atomic E-state index is 8.32. The molecule has 0 saturated carbocycles. The molecule has 1 atom stereocenters. The summed E-state index contributed by atoms with van der Waals surface area (Å²) >= 11 is 4.81. The second kappa shape index (κ2) is 2.41. The summed E-state index contributed by atoms with van der Waals surface area (Å²) in [6.45, 7) is 5.90. The monoisotopic (exact) mass is 128 g/mol. The summed E-state index contributed by atoms with van der Waals surface area (Å²) in [6.07, 6.45) is 0. The van der Waals surface area contributed by atoms with Crippen molar-refractivity contribution in [1.29, 1.82) is 5.26 Å². The average molecular weight is 128 g/mol. The first-order chi connectivity index (χ1) is 3.48. The van der Waals surface area contributed by atoms with Crippen LogP contribution in [0, 0.1) is 16.7 Å². The normalized spacial score (nSPS) is 14.9. The van der Waals surface area contributed by atoms with Gasteiger partial charge >= 0.3 is 0 Å². The molecule has 0 aromatic heterocycles. The SMILES string of the molecule is CC(C)(C)C([S])C#N. The lowest BCUT2D eigenvalue weighted by molar-refractivity contribution is 0.439. The Morgan fingerprint density at radius 3 is 1.88 bits per heavy atom. The van der Waals surface area contributed by atoms with Crippen molar-refractivity contribution in [3.63, 3.8) is 0 Å². The van der Waals surface area contributed by atoms with E-state index in [2.05, 4.69) is 0 Å². The van der Waals surface area contributed by atoms with E-state index in [0.29, 0.717) is 0 Å². The fourth-order valence-electron chi connectivity index (χ4n) is 0.194. The largest absolute Gasteiger partial charge is 0.197 e. The van der Waals surface area contributed by atoms with Crippen molar-refractivity contribution in [1.82, 2.24) is 0 Å². The highest BCUT2D eigenvalue weighted by Crippen LogP contribution is 2.22. The predicted octanol–water partition coefficient (Wildman–Crippen LogP) is 2.12. The van der Waals surface area contributed by atoms with Crippen LogP contribution in [0.3, 0.4) is 0 Å². The van der Waals surface area contributed by atoms with E-state index in [9.17, 15) is 0 Å². The van der Waals surface area contributed by atoms with Gasteiger partial charge in [0.25, 0.3) is 0 Å². The third kappa shape index (κ3) is 2.23. The van der Waals surface area contributed by atoms with Crippen LogP contribution in [0.25, 0.3) is 0 Å². The molecule has 0 spiro atoms. The Morgan fingerprint density at radius 1 is 1.50 bits per heavy atom. The van der Waals surface area contributed by atoms with E-state index in [4.69, 9.17) is 17.9 Å². The highest BCUT2D eigenvalue weighted by atomic mass is 32.1. The first-order valence-electron chi connectivity index (χ1n) is 2.54. The molecule has 0 fully saturated rings. The summed E-state index contributed by atoms with van der Waals surface area (Å²) in [6, 6.07) is 2.02. The van der Waals surface area contributed by atoms with E-state index in [1.807, 2.05) is 26.8 Å². The molecule has 0 aromatic carbocycles. The van der Waals surface area contributed by atoms with Gasteiger partial charge in [0.05, 0.1) is 6.07 Å². The fourth-order valence-corrected chi connectivity index (χ4v) is 0.194. The number of nitriles is 1. The van der Waals surface area contributed by atoms with E-state index in [-0.39, 0.29) is 10.7 Å². The van der Waals surface area contributed by atoms with Crippen molar-refractivity contribution < 1.29 is 0 Å². The van der Waals surface area contributed by atoms with E-state index >= 15 is 0 Å². The second-order valence-corrected chi connectivity index (χ2v) is 3.35. The van der Waals surface area contributed by atoms with Gasteiger partial charge in [0, 0.05) is 0 Å². The molecular weight excluding hydrogens is 118 g/mol. The highest BCUT2D eigenvalue weighted by Gasteiger charge is 2.20. The molecule has 1 nitrogen and oxygen atoms in total. The molecule has 0 bridgehead atoms. The zero-order valence-electron chi connectivity index (χ0n) is 5.43. The Balaban J connectivity index is 3.87. The van der Waals surface area contributed by atoms with Gasteiger partial charge in [-0.1, -0.05) is 33.4 Å². The Morgan fingerprint density at radius 2 is 1.88 bits per heavy atom. The summed E-state index contributed by atoms with van der Waals surface area (Å²) < 4.78 is 0. The molecule has 0 rings (SSSR count). The second-order valence-electron chi connectivity index (χ2n) is 2.88. The minimum absolute atomic E-state index is 0.0376. The van der Waals surface area contributed by atoms with Crippen molar-refractivity contribution in [3.05, 3.63) is 0 Å². The summed E-state index contributed by atoms with van der Waals surface area (Å²) in [4.78, 5) is 0. The zero-order valence-corrected chi connectivity index (χ0v) is 6.25. The predicted molar refractivity (Wildman–Crippen MR) is 36.4 cm³/mol. The van der Waals surface area contributed by atoms with Crippen molar-refractivity contribution in [2.75, 3.05) is 0 Å². The Bertz CT molecular complexity index is 107. The van der Waals surface area contributed by atoms with Crippen LogP contribution in [0.4, 0.5) is 0 Å². The molecule has 1 radical (unpaired) electrons. The number of nitrogens with zero attached hydrogens (tertiary/aromatic N) is 1. The van der Waals surface area contributed by atoms with Gasteiger partial charge in [-0.3, -0.25) is 0 Å². The quantitative estimate of drug-likeness (QED) is 0.490. The van der Waals surface area contributed by atoms with Gasteiger partial charge in [-0.2, -0.15) is 5.26 Å². The highest BCUT2D eigenvalue weighted by molar-refractivity contribution is 7.81. The van der Waals surface area contributed by atoms with Crippen molar-refractivity contribution in [3.8, 4) is 6.07 Å². The molecule has 8 heavy (non-hydrogen) atoms. The molecule has 0 aromatic rings. The first-order valence-corrected chi connectivity index (χ1v) is 3.01. The number of hydrogen-bond acceptors (Lipinski definition) is 1. The summed E-state index contributed by atoms with van der Waals surface area (Å²) in [5.41, 5.74) is -0.0376. The van der Waals surface area contributed by atoms with Gasteiger partial charge in [0.1, 0.15) is 5.25 Å². The van der Waals surface area contributed by atoms with Crippen LogP contribution >= 0.6 is 12.6 Å². The summed E-state index contributed by atoms with van der Waals surface area (Å²) in [7, 11) is 0. The van der Waals surface area contributed by atoms with E-state index < -0.39 is 0 Å². The molecule has 0 saturated heterocycles. The lowest BCUT2D eigenvalue weighted by Crippen LogP contribution is -2.18. The molecule has 45 valence electrons. The van der Waals surface area contributed by atoms with Crippen LogP contribution in [0.15, 0.2) is 0 Å². The first kappa shape index (κ1) is 7.84. The van der Waals surface area contributed by atoms with Gasteiger partial charge in [-0.05, 0) is 5.41 Å². The topological polar surface area (TPSA) is 23.8 Å². The molecule has 0 heterocycles. The third-order valence-corrected chi connectivity index (χ3v) is 1.72. The van der Waals surface area contributed by atoms with Crippen LogP contribution < -0.4 is 0 Å². The van der Waals surface area contributed by atoms with E-state index in [1.165, 1.54) is 0 Å². The molecule has 2 heteroatoms. The van der Waals surface area contributed by atoms with Gasteiger partial charge < -0.3 is 0 Å². The molecule has 1 unspecified atom stereocenters. The summed E-state index contributed by atoms with van der Waals surface area (Å²) in [5, 5.41) is 8.05. The number of hydrogen-bond donors (Lipinski definition) is 0. The maximum Gasteiger partial charge on any atom is 0.107 e. The van der Waals surface area contributed by atoms with E-state index in [0.717, 1.165) is 0 Å². The van der Waals surface area contributed by atoms with E-state index in [1.54, 1.807) is 0 Å². The molecular formula is C6H10NS. The lowest BCUT2D eigenvalue weighted by Gasteiger charge is -2.18. The van der Waals surface area contributed by atoms with Crippen LogP contribution in [0.1, 0.15) is 20.8 Å². The molecule has 0 aliphatic carbocycles. The van der Waals surface area contributed by atoms with Gasteiger partial charge in [-0.25, -0.2) is 0 Å². The van der Waals surface area contributed by atoms with Crippen LogP contribution in [-0.2, 0) is 0 Å². The zero-order chi connectivity index (χ0) is 6.78. The molecule has 0 amide bonds. The smallest absolute Gasteiger partial charge is 0.107 e.